The number of nitrogens with one attached hydrogen (secondary N) is 1. The van der Waals surface area contributed by atoms with Gasteiger partial charge in [0.2, 0.25) is 0 Å². The van der Waals surface area contributed by atoms with Gasteiger partial charge in [-0.05, 0) is 56.7 Å². The fourth-order valence-electron chi connectivity index (χ4n) is 3.01. The van der Waals surface area contributed by atoms with Crippen molar-refractivity contribution in [2.45, 2.75) is 33.4 Å². The predicted molar refractivity (Wildman–Crippen MR) is 114 cm³/mol. The molecule has 158 valence electrons. The normalized spacial score (nSPS) is 11.6. The molecule has 1 N–H and O–H groups in total. The first kappa shape index (κ1) is 21.3. The van der Waals surface area contributed by atoms with Crippen molar-refractivity contribution in [1.82, 2.24) is 5.32 Å². The summed E-state index contributed by atoms with van der Waals surface area (Å²) in [6.07, 6.45) is 1.49. The van der Waals surface area contributed by atoms with E-state index in [0.29, 0.717) is 30.3 Å². The van der Waals surface area contributed by atoms with Crippen LogP contribution in [-0.4, -0.2) is 19.1 Å². The van der Waals surface area contributed by atoms with Gasteiger partial charge < -0.3 is 23.9 Å². The zero-order valence-corrected chi connectivity index (χ0v) is 17.5. The van der Waals surface area contributed by atoms with E-state index in [9.17, 15) is 4.79 Å². The van der Waals surface area contributed by atoms with Crippen LogP contribution in [0.3, 0.4) is 0 Å². The van der Waals surface area contributed by atoms with Gasteiger partial charge in [0, 0.05) is 5.56 Å². The standard InChI is InChI=1S/C24H27NO5/c1-4-27-21-12-11-18(15-22(21)28-5-2)17(3)25-24(26)23-19(13-14-29-23)16-30-20-9-7-6-8-10-20/h6-15,17H,4-5,16H2,1-3H3,(H,25,26). The van der Waals surface area contributed by atoms with Crippen LogP contribution in [0, 0.1) is 0 Å². The van der Waals surface area contributed by atoms with Crippen LogP contribution in [-0.2, 0) is 6.61 Å². The molecule has 1 amide bonds. The number of hydrogen-bond acceptors (Lipinski definition) is 5. The maximum absolute atomic E-state index is 12.8. The predicted octanol–water partition coefficient (Wildman–Crippen LogP) is 5.15. The maximum atomic E-state index is 12.8. The van der Waals surface area contributed by atoms with Crippen molar-refractivity contribution in [3.05, 3.63) is 77.7 Å². The number of para-hydroxylation sites is 1. The molecule has 0 radical (unpaired) electrons. The lowest BCUT2D eigenvalue weighted by molar-refractivity contribution is 0.0908. The first-order valence-corrected chi connectivity index (χ1v) is 10.1. The first-order valence-electron chi connectivity index (χ1n) is 10.1. The molecule has 30 heavy (non-hydrogen) atoms. The monoisotopic (exact) mass is 409 g/mol. The molecule has 0 aliphatic heterocycles. The van der Waals surface area contributed by atoms with Gasteiger partial charge in [0.15, 0.2) is 17.3 Å². The minimum absolute atomic E-state index is 0.244. The molecule has 1 aromatic heterocycles. The van der Waals surface area contributed by atoms with Gasteiger partial charge in [-0.15, -0.1) is 0 Å². The van der Waals surface area contributed by atoms with Crippen LogP contribution < -0.4 is 19.5 Å². The second kappa shape index (κ2) is 10.4. The highest BCUT2D eigenvalue weighted by Gasteiger charge is 2.19. The Morgan fingerprint density at radius 1 is 0.967 bits per heavy atom. The van der Waals surface area contributed by atoms with Crippen LogP contribution in [0.5, 0.6) is 17.2 Å². The van der Waals surface area contributed by atoms with Crippen molar-refractivity contribution in [2.75, 3.05) is 13.2 Å². The summed E-state index contributed by atoms with van der Waals surface area (Å²) in [7, 11) is 0. The third-order valence-corrected chi connectivity index (χ3v) is 4.51. The topological polar surface area (TPSA) is 69.9 Å². The third-order valence-electron chi connectivity index (χ3n) is 4.51. The molecule has 0 saturated carbocycles. The van der Waals surface area contributed by atoms with Gasteiger partial charge in [0.1, 0.15) is 12.4 Å². The van der Waals surface area contributed by atoms with Gasteiger partial charge in [-0.2, -0.15) is 0 Å². The molecule has 0 aliphatic carbocycles. The lowest BCUT2D eigenvalue weighted by atomic mass is 10.1. The molecule has 3 aromatic rings. The number of furan rings is 1. The van der Waals surface area contributed by atoms with E-state index >= 15 is 0 Å². The van der Waals surface area contributed by atoms with Crippen LogP contribution in [0.25, 0.3) is 0 Å². The fraction of sp³-hybridized carbons (Fsp3) is 0.292. The number of carbonyl (C=O) groups excluding carboxylic acids is 1. The summed E-state index contributed by atoms with van der Waals surface area (Å²) in [6, 6.07) is 16.6. The molecule has 0 fully saturated rings. The van der Waals surface area contributed by atoms with E-state index in [1.807, 2.05) is 69.3 Å². The Labute approximate surface area is 176 Å². The fourth-order valence-corrected chi connectivity index (χ4v) is 3.01. The van der Waals surface area contributed by atoms with Crippen LogP contribution in [0.4, 0.5) is 0 Å². The molecular formula is C24H27NO5. The largest absolute Gasteiger partial charge is 0.490 e. The van der Waals surface area contributed by atoms with E-state index in [-0.39, 0.29) is 24.3 Å². The average Bonchev–Trinajstić information content (AvgIpc) is 3.23. The minimum Gasteiger partial charge on any atom is -0.490 e. The zero-order chi connectivity index (χ0) is 21.3. The average molecular weight is 409 g/mol. The minimum atomic E-state index is -0.300. The molecule has 0 saturated heterocycles. The number of hydrogen-bond donors (Lipinski definition) is 1. The summed E-state index contributed by atoms with van der Waals surface area (Å²) in [5.41, 5.74) is 1.59. The Hall–Kier alpha value is -3.41. The lowest BCUT2D eigenvalue weighted by Gasteiger charge is -2.17. The highest BCUT2D eigenvalue weighted by Crippen LogP contribution is 2.31. The van der Waals surface area contributed by atoms with Crippen molar-refractivity contribution in [3.8, 4) is 17.2 Å². The summed E-state index contributed by atoms with van der Waals surface area (Å²) in [5, 5.41) is 2.97. The van der Waals surface area contributed by atoms with Gasteiger partial charge in [-0.1, -0.05) is 24.3 Å². The van der Waals surface area contributed by atoms with Crippen molar-refractivity contribution in [1.29, 1.82) is 0 Å². The Morgan fingerprint density at radius 3 is 2.43 bits per heavy atom. The molecule has 2 aromatic carbocycles. The Kier molecular flexibility index (Phi) is 7.38. The highest BCUT2D eigenvalue weighted by molar-refractivity contribution is 5.93. The molecule has 3 rings (SSSR count). The molecule has 0 bridgehead atoms. The molecule has 1 unspecified atom stereocenters. The van der Waals surface area contributed by atoms with Crippen LogP contribution in [0.1, 0.15) is 48.5 Å². The lowest BCUT2D eigenvalue weighted by Crippen LogP contribution is -2.27. The van der Waals surface area contributed by atoms with E-state index < -0.39 is 0 Å². The Balaban J connectivity index is 1.67. The Morgan fingerprint density at radius 2 is 1.70 bits per heavy atom. The highest BCUT2D eigenvalue weighted by atomic mass is 16.5. The third kappa shape index (κ3) is 5.35. The molecular weight excluding hydrogens is 382 g/mol. The number of carbonyl (C=O) groups is 1. The van der Waals surface area contributed by atoms with Gasteiger partial charge >= 0.3 is 0 Å². The maximum Gasteiger partial charge on any atom is 0.287 e. The van der Waals surface area contributed by atoms with E-state index in [2.05, 4.69) is 5.32 Å². The van der Waals surface area contributed by atoms with E-state index in [1.165, 1.54) is 6.26 Å². The second-order valence-corrected chi connectivity index (χ2v) is 6.64. The number of benzene rings is 2. The number of amides is 1. The SMILES string of the molecule is CCOc1ccc(C(C)NC(=O)c2occc2COc2ccccc2)cc1OCC. The van der Waals surface area contributed by atoms with Crippen molar-refractivity contribution in [2.24, 2.45) is 0 Å². The van der Waals surface area contributed by atoms with Crippen molar-refractivity contribution < 1.29 is 23.4 Å². The van der Waals surface area contributed by atoms with Crippen LogP contribution >= 0.6 is 0 Å². The van der Waals surface area contributed by atoms with E-state index in [1.54, 1.807) is 6.07 Å². The molecule has 6 nitrogen and oxygen atoms in total. The second-order valence-electron chi connectivity index (χ2n) is 6.64. The summed E-state index contributed by atoms with van der Waals surface area (Å²) in [5.74, 6) is 2.02. The van der Waals surface area contributed by atoms with Gasteiger partial charge in [-0.3, -0.25) is 4.79 Å². The molecule has 1 heterocycles. The van der Waals surface area contributed by atoms with Crippen molar-refractivity contribution in [3.63, 3.8) is 0 Å². The smallest absolute Gasteiger partial charge is 0.287 e. The van der Waals surface area contributed by atoms with Crippen LogP contribution in [0.15, 0.2) is 65.3 Å². The summed E-state index contributed by atoms with van der Waals surface area (Å²) >= 11 is 0. The van der Waals surface area contributed by atoms with E-state index in [4.69, 9.17) is 18.6 Å². The summed E-state index contributed by atoms with van der Waals surface area (Å²) in [6.45, 7) is 7.08. The Bertz CT molecular complexity index is 951. The van der Waals surface area contributed by atoms with E-state index in [0.717, 1.165) is 11.3 Å². The molecule has 0 spiro atoms. The molecule has 6 heteroatoms. The molecule has 0 aliphatic rings. The van der Waals surface area contributed by atoms with Crippen molar-refractivity contribution >= 4 is 5.91 Å². The molecule has 1 atom stereocenters. The van der Waals surface area contributed by atoms with Gasteiger partial charge in [0.05, 0.1) is 25.5 Å². The summed E-state index contributed by atoms with van der Waals surface area (Å²) in [4.78, 5) is 12.8. The van der Waals surface area contributed by atoms with Crippen LogP contribution in [0.2, 0.25) is 0 Å². The zero-order valence-electron chi connectivity index (χ0n) is 17.5. The van der Waals surface area contributed by atoms with Gasteiger partial charge in [0.25, 0.3) is 5.91 Å². The van der Waals surface area contributed by atoms with Gasteiger partial charge in [-0.25, -0.2) is 0 Å². The number of rotatable bonds is 10. The summed E-state index contributed by atoms with van der Waals surface area (Å²) < 4.78 is 22.4. The number of ether oxygens (including phenoxy) is 3. The quantitative estimate of drug-likeness (QED) is 0.502. The first-order chi connectivity index (χ1) is 14.6.